The molecule has 0 heterocycles. The first kappa shape index (κ1) is 17.7. The molecule has 1 N–H and O–H groups in total. The molecule has 2 unspecified atom stereocenters. The van der Waals surface area contributed by atoms with Crippen LogP contribution in [0.1, 0.15) is 36.3 Å². The van der Waals surface area contributed by atoms with Gasteiger partial charge in [-0.2, -0.15) is 0 Å². The third-order valence-electron chi connectivity index (χ3n) is 3.06. The fraction of sp³-hybridized carbons (Fsp3) is 0.333. The maximum Gasteiger partial charge on any atom is 0.119 e. The summed E-state index contributed by atoms with van der Waals surface area (Å²) in [5.74, 6) is 1.11. The monoisotopic (exact) mass is 303 g/mol. The zero-order chi connectivity index (χ0) is 15.7. The summed E-state index contributed by atoms with van der Waals surface area (Å²) in [4.78, 5) is 0. The quantitative estimate of drug-likeness (QED) is 0.809. The maximum absolute atomic E-state index is 5.25. The van der Waals surface area contributed by atoms with Gasteiger partial charge in [-0.1, -0.05) is 55.8 Å². The molecule has 0 saturated heterocycles. The molecule has 0 radical (unpaired) electrons. The number of hydrogen-bond donors (Lipinski definition) is 1. The number of rotatable bonds is 5. The van der Waals surface area contributed by atoms with E-state index >= 15 is 0 Å². The van der Waals surface area contributed by atoms with Gasteiger partial charge in [0.15, 0.2) is 0 Å². The van der Waals surface area contributed by atoms with Crippen LogP contribution in [0.4, 0.5) is 0 Å². The number of nitrogens with one attached hydrogen (secondary N) is 1. The third kappa shape index (κ3) is 5.87. The zero-order valence-electron chi connectivity index (χ0n) is 13.4. The molecule has 0 amide bonds. The lowest BCUT2D eigenvalue weighted by Gasteiger charge is -2.15. The van der Waals surface area contributed by atoms with E-state index in [4.69, 9.17) is 4.74 Å². The van der Waals surface area contributed by atoms with Gasteiger partial charge in [0, 0.05) is 12.3 Å². The van der Waals surface area contributed by atoms with Crippen LogP contribution in [-0.2, 0) is 6.54 Å². The van der Waals surface area contributed by atoms with Crippen LogP contribution in [0.15, 0.2) is 48.5 Å². The lowest BCUT2D eigenvalue weighted by Crippen LogP contribution is -2.15. The fourth-order valence-electron chi connectivity index (χ4n) is 2.00. The Balaban J connectivity index is 0.00000106. The minimum Gasteiger partial charge on any atom is -0.497 e. The van der Waals surface area contributed by atoms with Crippen LogP contribution in [0.2, 0.25) is 0 Å². The van der Waals surface area contributed by atoms with Crippen LogP contribution in [0, 0.1) is 6.92 Å². The van der Waals surface area contributed by atoms with Gasteiger partial charge in [-0.15, -0.1) is 9.24 Å². The first-order valence-electron chi connectivity index (χ1n) is 7.37. The van der Waals surface area contributed by atoms with Crippen molar-refractivity contribution in [2.24, 2.45) is 0 Å². The highest BCUT2D eigenvalue weighted by atomic mass is 31.0. The highest BCUT2D eigenvalue weighted by molar-refractivity contribution is 7.17. The van der Waals surface area contributed by atoms with E-state index in [0.29, 0.717) is 0 Å². The molecule has 3 heteroatoms. The number of methoxy groups -OCH3 is 1. The Labute approximate surface area is 131 Å². The second-order valence-electron chi connectivity index (χ2n) is 4.62. The number of hydrogen-bond acceptors (Lipinski definition) is 2. The van der Waals surface area contributed by atoms with Gasteiger partial charge in [0.1, 0.15) is 5.75 Å². The third-order valence-corrected chi connectivity index (χ3v) is 3.68. The molecule has 0 aliphatic rings. The molecule has 0 bridgehead atoms. The molecule has 2 rings (SSSR count). The minimum absolute atomic E-state index is 0.218. The SMILES string of the molecule is CC.COc1cccc(C(P)NCc2cccc(C)c2)c1. The molecule has 2 atom stereocenters. The van der Waals surface area contributed by atoms with E-state index in [0.717, 1.165) is 12.3 Å². The van der Waals surface area contributed by atoms with Gasteiger partial charge in [0.25, 0.3) is 0 Å². The van der Waals surface area contributed by atoms with Crippen LogP contribution in [0.5, 0.6) is 5.75 Å². The molecule has 2 nitrogen and oxygen atoms in total. The zero-order valence-corrected chi connectivity index (χ0v) is 14.5. The van der Waals surface area contributed by atoms with Crippen LogP contribution >= 0.6 is 9.24 Å². The van der Waals surface area contributed by atoms with Crippen molar-refractivity contribution in [1.82, 2.24) is 5.32 Å². The van der Waals surface area contributed by atoms with Gasteiger partial charge in [0.05, 0.1) is 7.11 Å². The highest BCUT2D eigenvalue weighted by Gasteiger charge is 2.06. The van der Waals surface area contributed by atoms with E-state index in [1.807, 2.05) is 26.0 Å². The van der Waals surface area contributed by atoms with E-state index < -0.39 is 0 Å². The second kappa shape index (κ2) is 9.55. The summed E-state index contributed by atoms with van der Waals surface area (Å²) < 4.78 is 5.25. The van der Waals surface area contributed by atoms with Crippen molar-refractivity contribution >= 4 is 9.24 Å². The Hall–Kier alpha value is -1.37. The molecule has 0 fully saturated rings. The molecule has 0 aliphatic heterocycles. The van der Waals surface area contributed by atoms with Crippen LogP contribution in [-0.4, -0.2) is 7.11 Å². The van der Waals surface area contributed by atoms with Crippen molar-refractivity contribution < 1.29 is 4.74 Å². The smallest absolute Gasteiger partial charge is 0.119 e. The molecule has 2 aromatic rings. The summed E-state index contributed by atoms with van der Waals surface area (Å²) in [5, 5.41) is 3.50. The molecular weight excluding hydrogens is 277 g/mol. The predicted octanol–water partition coefficient (Wildman–Crippen LogP) is 4.69. The van der Waals surface area contributed by atoms with Crippen molar-refractivity contribution in [3.8, 4) is 5.75 Å². The Morgan fingerprint density at radius 1 is 1.10 bits per heavy atom. The highest BCUT2D eigenvalue weighted by Crippen LogP contribution is 2.24. The molecule has 0 saturated carbocycles. The van der Waals surface area contributed by atoms with Crippen molar-refractivity contribution in [1.29, 1.82) is 0 Å². The Morgan fingerprint density at radius 2 is 1.81 bits per heavy atom. The van der Waals surface area contributed by atoms with Crippen LogP contribution < -0.4 is 10.1 Å². The molecule has 21 heavy (non-hydrogen) atoms. The Kier molecular flexibility index (Phi) is 8.04. The maximum atomic E-state index is 5.25. The summed E-state index contributed by atoms with van der Waals surface area (Å²) in [7, 11) is 4.52. The number of ether oxygens (including phenoxy) is 1. The second-order valence-corrected chi connectivity index (χ2v) is 5.29. The van der Waals surface area contributed by atoms with Gasteiger partial charge < -0.3 is 10.1 Å². The molecular formula is C18H26NOP. The van der Waals surface area contributed by atoms with E-state index in [2.05, 4.69) is 57.9 Å². The topological polar surface area (TPSA) is 21.3 Å². The van der Waals surface area contributed by atoms with Gasteiger partial charge in [-0.3, -0.25) is 0 Å². The first-order valence-corrected chi connectivity index (χ1v) is 8.04. The lowest BCUT2D eigenvalue weighted by atomic mass is 10.1. The van der Waals surface area contributed by atoms with Crippen LogP contribution in [0.3, 0.4) is 0 Å². The molecule has 114 valence electrons. The average molecular weight is 303 g/mol. The summed E-state index contributed by atoms with van der Waals surface area (Å²) in [6, 6.07) is 16.7. The fourth-order valence-corrected chi connectivity index (χ4v) is 2.33. The summed E-state index contributed by atoms with van der Waals surface area (Å²) in [6.07, 6.45) is 0. The normalized spacial score (nSPS) is 11.3. The van der Waals surface area contributed by atoms with E-state index in [-0.39, 0.29) is 5.78 Å². The van der Waals surface area contributed by atoms with Crippen molar-refractivity contribution in [3.63, 3.8) is 0 Å². The van der Waals surface area contributed by atoms with Gasteiger partial charge in [-0.05, 0) is 30.2 Å². The molecule has 0 spiro atoms. The Morgan fingerprint density at radius 3 is 2.48 bits per heavy atom. The van der Waals surface area contributed by atoms with E-state index in [9.17, 15) is 0 Å². The minimum atomic E-state index is 0.218. The van der Waals surface area contributed by atoms with E-state index in [1.165, 1.54) is 16.7 Å². The van der Waals surface area contributed by atoms with Gasteiger partial charge in [0.2, 0.25) is 0 Å². The van der Waals surface area contributed by atoms with Crippen molar-refractivity contribution in [2.45, 2.75) is 33.1 Å². The lowest BCUT2D eigenvalue weighted by molar-refractivity contribution is 0.414. The molecule has 0 aromatic heterocycles. The molecule has 2 aromatic carbocycles. The largest absolute Gasteiger partial charge is 0.497 e. The predicted molar refractivity (Wildman–Crippen MR) is 94.8 cm³/mol. The summed E-state index contributed by atoms with van der Waals surface area (Å²) in [5.41, 5.74) is 3.80. The average Bonchev–Trinajstić information content (AvgIpc) is 2.54. The van der Waals surface area contributed by atoms with Crippen LogP contribution in [0.25, 0.3) is 0 Å². The van der Waals surface area contributed by atoms with Crippen molar-refractivity contribution in [3.05, 3.63) is 65.2 Å². The molecule has 0 aliphatic carbocycles. The Bertz CT molecular complexity index is 542. The van der Waals surface area contributed by atoms with Crippen molar-refractivity contribution in [2.75, 3.05) is 7.11 Å². The number of aryl methyl sites for hydroxylation is 1. The van der Waals surface area contributed by atoms with E-state index in [1.54, 1.807) is 7.11 Å². The standard InChI is InChI=1S/C16H20NOP.C2H6/c1-12-5-3-6-13(9-12)11-17-16(19)14-7-4-8-15(10-14)18-2;1-2/h3-10,16-17H,11,19H2,1-2H3;1-2H3. The first-order chi connectivity index (χ1) is 10.2. The van der Waals surface area contributed by atoms with Gasteiger partial charge >= 0.3 is 0 Å². The summed E-state index contributed by atoms with van der Waals surface area (Å²) in [6.45, 7) is 6.97. The number of benzene rings is 2. The van der Waals surface area contributed by atoms with Gasteiger partial charge in [-0.25, -0.2) is 0 Å². The summed E-state index contributed by atoms with van der Waals surface area (Å²) >= 11 is 0.